The lowest BCUT2D eigenvalue weighted by Crippen LogP contribution is -2.48. The van der Waals surface area contributed by atoms with Gasteiger partial charge in [0, 0.05) is 45.7 Å². The maximum Gasteiger partial charge on any atom is 0.261 e. The molecule has 0 atom stereocenters. The Morgan fingerprint density at radius 3 is 2.32 bits per heavy atom. The van der Waals surface area contributed by atoms with E-state index >= 15 is 0 Å². The number of methoxy groups -OCH3 is 2. The lowest BCUT2D eigenvalue weighted by Gasteiger charge is -2.32. The summed E-state index contributed by atoms with van der Waals surface area (Å²) in [5.41, 5.74) is 1.78. The zero-order valence-corrected chi connectivity index (χ0v) is 26.7. The minimum Gasteiger partial charge on any atom is -0.493 e. The van der Waals surface area contributed by atoms with Gasteiger partial charge in [-0.1, -0.05) is 18.2 Å². The highest BCUT2D eigenvalue weighted by molar-refractivity contribution is 6.21. The van der Waals surface area contributed by atoms with Gasteiger partial charge >= 0.3 is 0 Å². The molecule has 2 aliphatic heterocycles. The number of fused-ring (bicyclic) bond motifs is 2. The van der Waals surface area contributed by atoms with Gasteiger partial charge in [-0.2, -0.15) is 0 Å². The molecule has 1 aromatic heterocycles. The van der Waals surface area contributed by atoms with Crippen LogP contribution in [-0.2, 0) is 24.2 Å². The Bertz CT molecular complexity index is 1900. The summed E-state index contributed by atoms with van der Waals surface area (Å²) in [5, 5.41) is 0.489. The summed E-state index contributed by atoms with van der Waals surface area (Å²) in [7, 11) is 5.16. The van der Waals surface area contributed by atoms with Crippen LogP contribution in [0.3, 0.4) is 0 Å². The van der Waals surface area contributed by atoms with Crippen molar-refractivity contribution in [3.63, 3.8) is 0 Å². The number of carbonyl (C=O) groups excluding carboxylic acids is 3. The first-order chi connectivity index (χ1) is 22.8. The van der Waals surface area contributed by atoms with Gasteiger partial charge in [0.25, 0.3) is 23.3 Å². The monoisotopic (exact) mass is 639 g/mol. The number of hydrogen-bond donors (Lipinski definition) is 0. The number of carbonyl (C=O) groups is 3. The number of hydrogen-bond acceptors (Lipinski definition) is 9. The molecule has 0 bridgehead atoms. The highest BCUT2D eigenvalue weighted by atomic mass is 16.5. The van der Waals surface area contributed by atoms with Gasteiger partial charge in [-0.15, -0.1) is 0 Å². The molecule has 1 fully saturated rings. The minimum atomic E-state index is -0.458. The van der Waals surface area contributed by atoms with E-state index in [1.54, 1.807) is 54.0 Å². The van der Waals surface area contributed by atoms with Crippen molar-refractivity contribution >= 4 is 28.6 Å². The predicted molar refractivity (Wildman–Crippen MR) is 174 cm³/mol. The normalized spacial score (nSPS) is 14.9. The maximum absolute atomic E-state index is 13.6. The molecule has 3 heterocycles. The van der Waals surface area contributed by atoms with Crippen LogP contribution in [0.5, 0.6) is 17.2 Å². The highest BCUT2D eigenvalue weighted by Gasteiger charge is 2.36. The molecular weight excluding hydrogens is 602 g/mol. The quantitative estimate of drug-likeness (QED) is 0.228. The van der Waals surface area contributed by atoms with E-state index in [0.717, 1.165) is 18.7 Å². The van der Waals surface area contributed by atoms with Crippen molar-refractivity contribution in [2.45, 2.75) is 19.4 Å². The molecule has 244 valence electrons. The fraction of sp³-hybridized carbons (Fsp3) is 0.343. The van der Waals surface area contributed by atoms with E-state index in [2.05, 4.69) is 4.90 Å². The molecule has 47 heavy (non-hydrogen) atoms. The molecule has 0 radical (unpaired) electrons. The fourth-order valence-electron chi connectivity index (χ4n) is 5.98. The van der Waals surface area contributed by atoms with Crippen LogP contribution in [0.1, 0.15) is 32.1 Å². The van der Waals surface area contributed by atoms with Crippen molar-refractivity contribution in [2.75, 3.05) is 60.6 Å². The van der Waals surface area contributed by atoms with E-state index in [0.29, 0.717) is 60.0 Å². The number of benzene rings is 3. The van der Waals surface area contributed by atoms with E-state index in [4.69, 9.17) is 19.2 Å². The van der Waals surface area contributed by atoms with Gasteiger partial charge in [-0.05, 0) is 61.5 Å². The lowest BCUT2D eigenvalue weighted by molar-refractivity contribution is -0.134. The average Bonchev–Trinajstić information content (AvgIpc) is 3.33. The second-order valence-corrected chi connectivity index (χ2v) is 11.6. The molecule has 0 saturated carbocycles. The van der Waals surface area contributed by atoms with E-state index < -0.39 is 11.8 Å². The third-order valence-corrected chi connectivity index (χ3v) is 8.73. The zero-order valence-electron chi connectivity index (χ0n) is 26.7. The molecule has 12 heteroatoms. The standard InChI is InChI=1S/C35H37N5O7/c1-37-16-18-38(19-17-37)32(41)22-47-24-9-10-25-27(21-24)35(44)40(33(25)42)15-13-31-36-28-7-5-4-6-26(28)34(43)39(31)14-12-23-8-11-29(45-2)30(20-23)46-3/h4-11,20-21H,12-19,22H2,1-3H3. The van der Waals surface area contributed by atoms with Crippen LogP contribution in [0.4, 0.5) is 0 Å². The van der Waals surface area contributed by atoms with Crippen LogP contribution in [0, 0.1) is 0 Å². The van der Waals surface area contributed by atoms with Crippen LogP contribution >= 0.6 is 0 Å². The Labute approximate surface area is 272 Å². The van der Waals surface area contributed by atoms with Gasteiger partial charge in [-0.3, -0.25) is 28.6 Å². The van der Waals surface area contributed by atoms with E-state index in [-0.39, 0.29) is 42.2 Å². The third kappa shape index (κ3) is 6.54. The van der Waals surface area contributed by atoms with Crippen molar-refractivity contribution in [1.82, 2.24) is 24.3 Å². The van der Waals surface area contributed by atoms with Crippen LogP contribution < -0.4 is 19.8 Å². The number of piperazine rings is 1. The molecular formula is C35H37N5O7. The second-order valence-electron chi connectivity index (χ2n) is 11.6. The summed E-state index contributed by atoms with van der Waals surface area (Å²) < 4.78 is 18.1. The van der Waals surface area contributed by atoms with Gasteiger partial charge in [0.15, 0.2) is 18.1 Å². The molecule has 1 saturated heterocycles. The molecule has 0 spiro atoms. The Kier molecular flexibility index (Phi) is 9.21. The first-order valence-corrected chi connectivity index (χ1v) is 15.6. The van der Waals surface area contributed by atoms with Crippen LogP contribution in [0.25, 0.3) is 10.9 Å². The van der Waals surface area contributed by atoms with Crippen molar-refractivity contribution in [2.24, 2.45) is 0 Å². The van der Waals surface area contributed by atoms with Gasteiger partial charge < -0.3 is 24.0 Å². The largest absolute Gasteiger partial charge is 0.493 e. The number of para-hydroxylation sites is 1. The number of nitrogens with zero attached hydrogens (tertiary/aromatic N) is 5. The number of amides is 3. The molecule has 0 unspecified atom stereocenters. The summed E-state index contributed by atoms with van der Waals surface area (Å²) >= 11 is 0. The number of aryl methyl sites for hydroxylation is 1. The number of rotatable bonds is 11. The Balaban J connectivity index is 1.17. The molecule has 4 aromatic rings. The minimum absolute atomic E-state index is 0.0333. The number of aromatic nitrogens is 2. The van der Waals surface area contributed by atoms with Crippen LogP contribution in [0.2, 0.25) is 0 Å². The fourth-order valence-corrected chi connectivity index (χ4v) is 5.98. The first kappa shape index (κ1) is 31.7. The Morgan fingerprint density at radius 1 is 0.809 bits per heavy atom. The smallest absolute Gasteiger partial charge is 0.261 e. The molecule has 0 N–H and O–H groups in total. The Morgan fingerprint density at radius 2 is 1.55 bits per heavy atom. The molecule has 12 nitrogen and oxygen atoms in total. The van der Waals surface area contributed by atoms with E-state index in [1.165, 1.54) is 11.0 Å². The molecule has 2 aliphatic rings. The summed E-state index contributed by atoms with van der Waals surface area (Å²) in [5.74, 6) is 1.01. The molecule has 0 aliphatic carbocycles. The maximum atomic E-state index is 13.6. The second kappa shape index (κ2) is 13.6. The SMILES string of the molecule is COc1ccc(CCn2c(CCN3C(=O)c4ccc(OCC(=O)N5CCN(C)CC5)cc4C3=O)nc3ccccc3c2=O)cc1OC. The van der Waals surface area contributed by atoms with Gasteiger partial charge in [0.1, 0.15) is 11.6 Å². The average molecular weight is 640 g/mol. The molecule has 3 amide bonds. The summed E-state index contributed by atoms with van der Waals surface area (Å²) in [4.78, 5) is 62.9. The first-order valence-electron chi connectivity index (χ1n) is 15.6. The number of likely N-dealkylation sites (N-methyl/N-ethyl adjacent to an activating group) is 1. The van der Waals surface area contributed by atoms with Crippen LogP contribution in [0.15, 0.2) is 65.5 Å². The summed E-state index contributed by atoms with van der Waals surface area (Å²) in [6.07, 6.45) is 0.695. The van der Waals surface area contributed by atoms with Crippen molar-refractivity contribution in [1.29, 1.82) is 0 Å². The number of ether oxygens (including phenoxy) is 3. The van der Waals surface area contributed by atoms with Crippen molar-refractivity contribution < 1.29 is 28.6 Å². The van der Waals surface area contributed by atoms with E-state index in [9.17, 15) is 19.2 Å². The lowest BCUT2D eigenvalue weighted by atomic mass is 10.1. The predicted octanol–water partition coefficient (Wildman–Crippen LogP) is 2.65. The van der Waals surface area contributed by atoms with Crippen LogP contribution in [-0.4, -0.2) is 103 Å². The topological polar surface area (TPSA) is 124 Å². The third-order valence-electron chi connectivity index (χ3n) is 8.73. The zero-order chi connectivity index (χ0) is 33.1. The van der Waals surface area contributed by atoms with Gasteiger partial charge in [0.05, 0.1) is 36.2 Å². The summed E-state index contributed by atoms with van der Waals surface area (Å²) in [6.45, 7) is 3.10. The molecule has 6 rings (SSSR count). The van der Waals surface area contributed by atoms with E-state index in [1.807, 2.05) is 31.3 Å². The highest BCUT2D eigenvalue weighted by Crippen LogP contribution is 2.29. The van der Waals surface area contributed by atoms with Crippen molar-refractivity contribution in [3.8, 4) is 17.2 Å². The Hall–Kier alpha value is -5.23. The van der Waals surface area contributed by atoms with Crippen molar-refractivity contribution in [3.05, 3.63) is 93.5 Å². The summed E-state index contributed by atoms with van der Waals surface area (Å²) in [6, 6.07) is 17.4. The van der Waals surface area contributed by atoms with Gasteiger partial charge in [-0.25, -0.2) is 4.98 Å². The number of imide groups is 1. The van der Waals surface area contributed by atoms with Gasteiger partial charge in [0.2, 0.25) is 0 Å². The molecule has 3 aromatic carbocycles.